The molecule has 1 aliphatic heterocycles. The first kappa shape index (κ1) is 23.2. The second-order valence-corrected chi connectivity index (χ2v) is 8.15. The van der Waals surface area contributed by atoms with Crippen LogP contribution in [-0.2, 0) is 11.3 Å². The Kier molecular flexibility index (Phi) is 9.98. The van der Waals surface area contributed by atoms with Crippen LogP contribution in [0, 0.1) is 0 Å². The van der Waals surface area contributed by atoms with E-state index < -0.39 is 0 Å². The van der Waals surface area contributed by atoms with E-state index in [-0.39, 0.29) is 5.91 Å². The molecule has 2 unspecified atom stereocenters. The maximum absolute atomic E-state index is 12.4. The summed E-state index contributed by atoms with van der Waals surface area (Å²) in [5.74, 6) is 1.01. The van der Waals surface area contributed by atoms with Gasteiger partial charge in [-0.15, -0.1) is 0 Å². The van der Waals surface area contributed by atoms with Gasteiger partial charge in [0.2, 0.25) is 5.91 Å². The molecule has 0 bridgehead atoms. The van der Waals surface area contributed by atoms with Gasteiger partial charge in [0, 0.05) is 51.7 Å². The number of rotatable bonds is 9. The molecule has 1 aliphatic rings. The molecule has 0 radical (unpaired) electrons. The molecule has 6 heteroatoms. The van der Waals surface area contributed by atoms with Crippen LogP contribution >= 0.6 is 0 Å². The lowest BCUT2D eigenvalue weighted by Crippen LogP contribution is -2.44. The third kappa shape index (κ3) is 8.05. The van der Waals surface area contributed by atoms with E-state index in [9.17, 15) is 4.79 Å². The fourth-order valence-corrected chi connectivity index (χ4v) is 3.77. The summed E-state index contributed by atoms with van der Waals surface area (Å²) in [5.41, 5.74) is 1.33. The van der Waals surface area contributed by atoms with Gasteiger partial charge in [-0.05, 0) is 52.1 Å². The summed E-state index contributed by atoms with van der Waals surface area (Å²) in [6.07, 6.45) is 5.02. The predicted octanol–water partition coefficient (Wildman–Crippen LogP) is 2.85. The van der Waals surface area contributed by atoms with Crippen molar-refractivity contribution in [3.63, 3.8) is 0 Å². The van der Waals surface area contributed by atoms with Crippen molar-refractivity contribution in [3.05, 3.63) is 35.9 Å². The summed E-state index contributed by atoms with van der Waals surface area (Å²) >= 11 is 0. The molecule has 1 aromatic carbocycles. The van der Waals surface area contributed by atoms with Gasteiger partial charge in [0.25, 0.3) is 0 Å². The number of nitrogens with zero attached hydrogens (tertiary/aromatic N) is 3. The number of benzene rings is 1. The normalized spacial score (nSPS) is 18.6. The Bertz CT molecular complexity index is 633. The van der Waals surface area contributed by atoms with Gasteiger partial charge in [-0.25, -0.2) is 0 Å². The number of carbonyl (C=O) groups excluding carboxylic acids is 1. The molecule has 6 nitrogen and oxygen atoms in total. The molecule has 0 aromatic heterocycles. The highest BCUT2D eigenvalue weighted by molar-refractivity contribution is 5.81. The fourth-order valence-electron chi connectivity index (χ4n) is 3.77. The molecule has 2 N–H and O–H groups in total. The molecule has 0 saturated carbocycles. The van der Waals surface area contributed by atoms with Gasteiger partial charge >= 0.3 is 0 Å². The van der Waals surface area contributed by atoms with Gasteiger partial charge in [0.05, 0.1) is 0 Å². The summed E-state index contributed by atoms with van der Waals surface area (Å²) in [4.78, 5) is 21.1. The zero-order valence-corrected chi connectivity index (χ0v) is 18.7. The van der Waals surface area contributed by atoms with Crippen LogP contribution < -0.4 is 10.6 Å². The SMILES string of the molecule is CN=C(NCCC(=O)N1CCCCC1C)NCCC(C)N(C)Cc1ccccc1. The van der Waals surface area contributed by atoms with Crippen LogP contribution in [0.15, 0.2) is 35.3 Å². The average molecular weight is 402 g/mol. The van der Waals surface area contributed by atoms with E-state index in [2.05, 4.69) is 71.8 Å². The topological polar surface area (TPSA) is 60.0 Å². The van der Waals surface area contributed by atoms with E-state index in [0.717, 1.165) is 44.9 Å². The molecule has 162 valence electrons. The van der Waals surface area contributed by atoms with Crippen LogP contribution in [0.2, 0.25) is 0 Å². The Hall–Kier alpha value is -2.08. The van der Waals surface area contributed by atoms with Crippen molar-refractivity contribution in [3.8, 4) is 0 Å². The van der Waals surface area contributed by atoms with Crippen molar-refractivity contribution in [2.24, 2.45) is 4.99 Å². The monoisotopic (exact) mass is 401 g/mol. The predicted molar refractivity (Wildman–Crippen MR) is 121 cm³/mol. The third-order valence-corrected chi connectivity index (χ3v) is 5.86. The smallest absolute Gasteiger partial charge is 0.224 e. The van der Waals surface area contributed by atoms with Crippen molar-refractivity contribution < 1.29 is 4.79 Å². The van der Waals surface area contributed by atoms with Gasteiger partial charge in [-0.1, -0.05) is 30.3 Å². The number of carbonyl (C=O) groups is 1. The Morgan fingerprint density at radius 1 is 1.24 bits per heavy atom. The van der Waals surface area contributed by atoms with Crippen molar-refractivity contribution in [1.82, 2.24) is 20.4 Å². The third-order valence-electron chi connectivity index (χ3n) is 5.86. The Labute approximate surface area is 176 Å². The minimum Gasteiger partial charge on any atom is -0.356 e. The van der Waals surface area contributed by atoms with Gasteiger partial charge in [0.15, 0.2) is 5.96 Å². The molecule has 29 heavy (non-hydrogen) atoms. The number of likely N-dealkylation sites (tertiary alicyclic amines) is 1. The Morgan fingerprint density at radius 3 is 2.66 bits per heavy atom. The first-order valence-electron chi connectivity index (χ1n) is 11.0. The maximum Gasteiger partial charge on any atom is 0.224 e. The second-order valence-electron chi connectivity index (χ2n) is 8.15. The summed E-state index contributed by atoms with van der Waals surface area (Å²) in [6, 6.07) is 11.4. The van der Waals surface area contributed by atoms with Gasteiger partial charge in [-0.2, -0.15) is 0 Å². The second kappa shape index (κ2) is 12.5. The number of aliphatic imine (C=N–C) groups is 1. The fraction of sp³-hybridized carbons (Fsp3) is 0.652. The van der Waals surface area contributed by atoms with Crippen molar-refractivity contribution in [2.45, 2.75) is 64.6 Å². The molecule has 2 rings (SSSR count). The first-order chi connectivity index (χ1) is 14.0. The number of hydrogen-bond donors (Lipinski definition) is 2. The average Bonchev–Trinajstić information content (AvgIpc) is 2.73. The highest BCUT2D eigenvalue weighted by atomic mass is 16.2. The lowest BCUT2D eigenvalue weighted by Gasteiger charge is -2.33. The summed E-state index contributed by atoms with van der Waals surface area (Å²) in [5, 5.41) is 6.64. The molecule has 2 atom stereocenters. The molecule has 1 aromatic rings. The highest BCUT2D eigenvalue weighted by Gasteiger charge is 2.22. The van der Waals surface area contributed by atoms with E-state index in [1.807, 2.05) is 4.90 Å². The summed E-state index contributed by atoms with van der Waals surface area (Å²) in [7, 11) is 3.94. The first-order valence-corrected chi connectivity index (χ1v) is 11.0. The maximum atomic E-state index is 12.4. The van der Waals surface area contributed by atoms with E-state index >= 15 is 0 Å². The van der Waals surface area contributed by atoms with Crippen LogP contribution in [0.4, 0.5) is 0 Å². The lowest BCUT2D eigenvalue weighted by atomic mass is 10.0. The van der Waals surface area contributed by atoms with Crippen LogP contribution in [-0.4, -0.2) is 67.5 Å². The van der Waals surface area contributed by atoms with E-state index in [1.165, 1.54) is 12.0 Å². The molecule has 0 aliphatic carbocycles. The summed E-state index contributed by atoms with van der Waals surface area (Å²) < 4.78 is 0. The molecule has 0 spiro atoms. The lowest BCUT2D eigenvalue weighted by molar-refractivity contribution is -0.134. The minimum absolute atomic E-state index is 0.247. The van der Waals surface area contributed by atoms with Crippen LogP contribution in [0.1, 0.15) is 51.5 Å². The van der Waals surface area contributed by atoms with Crippen LogP contribution in [0.25, 0.3) is 0 Å². The Morgan fingerprint density at radius 2 is 1.97 bits per heavy atom. The Balaban J connectivity index is 1.63. The number of piperidine rings is 1. The van der Waals surface area contributed by atoms with Gasteiger partial charge in [-0.3, -0.25) is 14.7 Å². The van der Waals surface area contributed by atoms with Gasteiger partial charge in [0.1, 0.15) is 0 Å². The zero-order valence-electron chi connectivity index (χ0n) is 18.7. The van der Waals surface area contributed by atoms with Crippen LogP contribution in [0.3, 0.4) is 0 Å². The van der Waals surface area contributed by atoms with Crippen molar-refractivity contribution >= 4 is 11.9 Å². The standard InChI is InChI=1S/C23H39N5O/c1-19(27(4)18-21-11-6-5-7-12-21)13-15-25-23(24-3)26-16-14-22(29)28-17-9-8-10-20(28)2/h5-7,11-12,19-20H,8-10,13-18H2,1-4H3,(H2,24,25,26). The number of amides is 1. The molecule has 1 heterocycles. The van der Waals surface area contributed by atoms with Gasteiger partial charge < -0.3 is 15.5 Å². The quantitative estimate of drug-likeness (QED) is 0.493. The number of hydrogen-bond acceptors (Lipinski definition) is 3. The molecule has 1 fully saturated rings. The molecular weight excluding hydrogens is 362 g/mol. The van der Waals surface area contributed by atoms with E-state index in [0.29, 0.717) is 25.0 Å². The highest BCUT2D eigenvalue weighted by Crippen LogP contribution is 2.17. The summed E-state index contributed by atoms with van der Waals surface area (Å²) in [6.45, 7) is 7.72. The number of nitrogens with one attached hydrogen (secondary N) is 2. The molecular formula is C23H39N5O. The zero-order chi connectivity index (χ0) is 21.1. The van der Waals surface area contributed by atoms with E-state index in [4.69, 9.17) is 0 Å². The molecule has 1 amide bonds. The van der Waals surface area contributed by atoms with Crippen LogP contribution in [0.5, 0.6) is 0 Å². The minimum atomic E-state index is 0.247. The van der Waals surface area contributed by atoms with E-state index in [1.54, 1.807) is 7.05 Å². The molecule has 1 saturated heterocycles. The van der Waals surface area contributed by atoms with Crippen molar-refractivity contribution in [2.75, 3.05) is 33.7 Å². The van der Waals surface area contributed by atoms with Crippen molar-refractivity contribution in [1.29, 1.82) is 0 Å². The largest absolute Gasteiger partial charge is 0.356 e. The number of guanidine groups is 1.